The summed E-state index contributed by atoms with van der Waals surface area (Å²) in [4.78, 5) is 13.4. The van der Waals surface area contributed by atoms with E-state index in [4.69, 9.17) is 10.4 Å². The Labute approximate surface area is 169 Å². The van der Waals surface area contributed by atoms with Crippen molar-refractivity contribution in [2.24, 2.45) is 5.92 Å². The van der Waals surface area contributed by atoms with Gasteiger partial charge >= 0.3 is 5.97 Å². The van der Waals surface area contributed by atoms with Gasteiger partial charge in [-0.2, -0.15) is 5.26 Å². The van der Waals surface area contributed by atoms with Crippen molar-refractivity contribution < 1.29 is 14.4 Å². The summed E-state index contributed by atoms with van der Waals surface area (Å²) < 4.78 is 1.16. The second-order valence-corrected chi connectivity index (χ2v) is 8.22. The van der Waals surface area contributed by atoms with Crippen LogP contribution in [0.5, 0.6) is 0 Å². The van der Waals surface area contributed by atoms with E-state index in [1.54, 1.807) is 6.07 Å². The summed E-state index contributed by atoms with van der Waals surface area (Å²) in [6, 6.07) is 9.53. The highest BCUT2D eigenvalue weighted by atomic mass is 16.4. The van der Waals surface area contributed by atoms with Gasteiger partial charge in [0.1, 0.15) is 11.6 Å². The molecule has 28 heavy (non-hydrogen) atoms. The molecule has 1 aliphatic rings. The molecule has 0 spiro atoms. The minimum absolute atomic E-state index is 0.243. The van der Waals surface area contributed by atoms with Crippen LogP contribution in [0.25, 0.3) is 6.08 Å². The Bertz CT molecular complexity index is 710. The molecule has 1 atom stereocenters. The number of hydrogen-bond donors (Lipinski definition) is 1. The van der Waals surface area contributed by atoms with Gasteiger partial charge in [0.15, 0.2) is 0 Å². The van der Waals surface area contributed by atoms with Crippen molar-refractivity contribution in [3.63, 3.8) is 0 Å². The smallest absolute Gasteiger partial charge is 0.346 e. The van der Waals surface area contributed by atoms with E-state index in [-0.39, 0.29) is 5.57 Å². The number of piperazine rings is 1. The molecule has 5 heteroatoms. The minimum Gasteiger partial charge on any atom is -0.477 e. The van der Waals surface area contributed by atoms with Gasteiger partial charge in [0.05, 0.1) is 39.8 Å². The Hall–Kier alpha value is -2.32. The lowest BCUT2D eigenvalue weighted by atomic mass is 9.97. The molecule has 0 amide bonds. The third-order valence-corrected chi connectivity index (χ3v) is 5.98. The molecule has 5 nitrogen and oxygen atoms in total. The van der Waals surface area contributed by atoms with E-state index in [9.17, 15) is 4.79 Å². The van der Waals surface area contributed by atoms with Gasteiger partial charge in [0.25, 0.3) is 0 Å². The van der Waals surface area contributed by atoms with Crippen LogP contribution in [0.2, 0.25) is 0 Å². The number of nitriles is 1. The first-order valence-corrected chi connectivity index (χ1v) is 10.4. The van der Waals surface area contributed by atoms with Crippen molar-refractivity contribution in [1.29, 1.82) is 5.26 Å². The number of benzene rings is 1. The molecule has 152 valence electrons. The van der Waals surface area contributed by atoms with Gasteiger partial charge in [0, 0.05) is 11.6 Å². The highest BCUT2D eigenvalue weighted by molar-refractivity contribution is 5.96. The zero-order chi connectivity index (χ0) is 20.6. The van der Waals surface area contributed by atoms with Gasteiger partial charge < -0.3 is 14.5 Å². The van der Waals surface area contributed by atoms with Crippen molar-refractivity contribution >= 4 is 17.7 Å². The van der Waals surface area contributed by atoms with E-state index < -0.39 is 5.97 Å². The fourth-order valence-corrected chi connectivity index (χ4v) is 4.02. The lowest BCUT2D eigenvalue weighted by molar-refractivity contribution is -0.913. The maximum atomic E-state index is 11.0. The van der Waals surface area contributed by atoms with Gasteiger partial charge in [-0.15, -0.1) is 0 Å². The standard InChI is InChI=1S/C23H33N3O2/c1-4-6-7-19(5-2)18-26(3)14-12-25(13-15-26)22-10-8-20(9-11-22)16-21(17-24)23(27)28/h8-11,16,19H,4-7,12-15,18H2,1-3H3/p+1/b21-16+. The van der Waals surface area contributed by atoms with Crippen LogP contribution >= 0.6 is 0 Å². The summed E-state index contributed by atoms with van der Waals surface area (Å²) >= 11 is 0. The zero-order valence-electron chi connectivity index (χ0n) is 17.5. The van der Waals surface area contributed by atoms with E-state index in [1.165, 1.54) is 38.3 Å². The average Bonchev–Trinajstić information content (AvgIpc) is 2.70. The number of anilines is 1. The summed E-state index contributed by atoms with van der Waals surface area (Å²) in [6.07, 6.45) is 6.65. The summed E-state index contributed by atoms with van der Waals surface area (Å²) in [5.74, 6) is -0.366. The Morgan fingerprint density at radius 3 is 2.43 bits per heavy atom. The number of likely N-dealkylation sites (N-methyl/N-ethyl adjacent to an activating group) is 1. The van der Waals surface area contributed by atoms with E-state index in [2.05, 4.69) is 25.8 Å². The Morgan fingerprint density at radius 2 is 1.93 bits per heavy atom. The maximum absolute atomic E-state index is 11.0. The quantitative estimate of drug-likeness (QED) is 0.394. The summed E-state index contributed by atoms with van der Waals surface area (Å²) in [6.45, 7) is 10.2. The predicted octanol–water partition coefficient (Wildman–Crippen LogP) is 4.16. The third kappa shape index (κ3) is 6.10. The topological polar surface area (TPSA) is 64.3 Å². The van der Waals surface area contributed by atoms with Crippen LogP contribution in [-0.4, -0.2) is 55.3 Å². The minimum atomic E-state index is -1.19. The fraction of sp³-hybridized carbons (Fsp3) is 0.565. The fourth-order valence-electron chi connectivity index (χ4n) is 4.02. The van der Waals surface area contributed by atoms with E-state index in [0.717, 1.165) is 47.8 Å². The normalized spacial score (nSPS) is 17.8. The highest BCUT2D eigenvalue weighted by Crippen LogP contribution is 2.23. The Morgan fingerprint density at radius 1 is 1.29 bits per heavy atom. The van der Waals surface area contributed by atoms with Crippen LogP contribution in [0.15, 0.2) is 29.8 Å². The summed E-state index contributed by atoms with van der Waals surface area (Å²) in [5.41, 5.74) is 1.66. The van der Waals surface area contributed by atoms with Gasteiger partial charge in [-0.05, 0) is 36.6 Å². The van der Waals surface area contributed by atoms with Crippen molar-refractivity contribution in [3.05, 3.63) is 35.4 Å². The molecule has 0 bridgehead atoms. The van der Waals surface area contributed by atoms with Crippen LogP contribution < -0.4 is 4.90 Å². The molecule has 1 fully saturated rings. The molecule has 1 heterocycles. The molecule has 0 aliphatic carbocycles. The number of rotatable bonds is 9. The molecule has 1 aliphatic heterocycles. The first-order valence-electron chi connectivity index (χ1n) is 10.4. The van der Waals surface area contributed by atoms with Crippen molar-refractivity contribution in [3.8, 4) is 6.07 Å². The van der Waals surface area contributed by atoms with Crippen LogP contribution in [0.4, 0.5) is 5.69 Å². The van der Waals surface area contributed by atoms with Crippen LogP contribution in [0.1, 0.15) is 45.1 Å². The third-order valence-electron chi connectivity index (χ3n) is 5.98. The molecule has 1 aromatic rings. The number of quaternary nitrogens is 1. The van der Waals surface area contributed by atoms with Crippen LogP contribution in [0.3, 0.4) is 0 Å². The summed E-state index contributed by atoms with van der Waals surface area (Å²) in [5, 5.41) is 17.9. The average molecular weight is 385 g/mol. The van der Waals surface area contributed by atoms with E-state index in [0.29, 0.717) is 0 Å². The second-order valence-electron chi connectivity index (χ2n) is 8.22. The molecule has 1 unspecified atom stereocenters. The molecule has 0 saturated carbocycles. The molecule has 0 aromatic heterocycles. The van der Waals surface area contributed by atoms with Gasteiger partial charge in [-0.1, -0.05) is 38.8 Å². The maximum Gasteiger partial charge on any atom is 0.346 e. The Kier molecular flexibility index (Phi) is 8.07. The molecule has 1 N–H and O–H groups in total. The van der Waals surface area contributed by atoms with Crippen molar-refractivity contribution in [2.45, 2.75) is 39.5 Å². The number of hydrogen-bond acceptors (Lipinski definition) is 3. The summed E-state index contributed by atoms with van der Waals surface area (Å²) in [7, 11) is 2.40. The number of carboxylic acids is 1. The molecule has 2 rings (SSSR count). The van der Waals surface area contributed by atoms with Gasteiger partial charge in [-0.25, -0.2) is 4.79 Å². The first-order chi connectivity index (χ1) is 13.4. The number of carbonyl (C=O) groups is 1. The van der Waals surface area contributed by atoms with Crippen molar-refractivity contribution in [2.75, 3.05) is 44.7 Å². The number of nitrogens with zero attached hydrogens (tertiary/aromatic N) is 3. The Balaban J connectivity index is 1.95. The largest absolute Gasteiger partial charge is 0.477 e. The molecule has 1 saturated heterocycles. The second kappa shape index (κ2) is 10.3. The first kappa shape index (κ1) is 22.0. The zero-order valence-corrected chi connectivity index (χ0v) is 17.5. The number of aliphatic carboxylic acids is 1. The van der Waals surface area contributed by atoms with Crippen molar-refractivity contribution in [1.82, 2.24) is 0 Å². The monoisotopic (exact) mass is 384 g/mol. The number of carboxylic acid groups (broad SMARTS) is 1. The molecule has 0 radical (unpaired) electrons. The predicted molar refractivity (Wildman–Crippen MR) is 114 cm³/mol. The highest BCUT2D eigenvalue weighted by Gasteiger charge is 2.30. The van der Waals surface area contributed by atoms with Gasteiger partial charge in [0.2, 0.25) is 0 Å². The lowest BCUT2D eigenvalue weighted by Crippen LogP contribution is -2.58. The van der Waals surface area contributed by atoms with Crippen LogP contribution in [-0.2, 0) is 4.79 Å². The molecule has 1 aromatic carbocycles. The molecular formula is C23H34N3O2+. The molecular weight excluding hydrogens is 350 g/mol. The lowest BCUT2D eigenvalue weighted by Gasteiger charge is -2.44. The SMILES string of the molecule is CCCCC(CC)C[N+]1(C)CCN(c2ccc(/C=C(\C#N)C(=O)O)cc2)CC1. The van der Waals surface area contributed by atoms with Crippen LogP contribution in [0, 0.1) is 17.2 Å². The number of unbranched alkanes of at least 4 members (excludes halogenated alkanes) is 1. The van der Waals surface area contributed by atoms with E-state index in [1.807, 2.05) is 24.3 Å². The van der Waals surface area contributed by atoms with Gasteiger partial charge in [-0.3, -0.25) is 0 Å². The van der Waals surface area contributed by atoms with E-state index >= 15 is 0 Å².